The molecule has 2 atom stereocenters. The topological polar surface area (TPSA) is 127 Å². The summed E-state index contributed by atoms with van der Waals surface area (Å²) in [6, 6.07) is 0. The van der Waals surface area contributed by atoms with Crippen molar-refractivity contribution < 1.29 is 29.3 Å². The number of fused-ring (bicyclic) bond motifs is 2. The highest BCUT2D eigenvalue weighted by Gasteiger charge is 2.51. The minimum Gasteiger partial charge on any atom is -0.473 e. The van der Waals surface area contributed by atoms with Crippen LogP contribution in [0.5, 0.6) is 0 Å². The number of aliphatic carboxylic acids is 2. The number of carboxylic acid groups (broad SMARTS) is 2. The molecule has 0 aliphatic carbocycles. The fourth-order valence-electron chi connectivity index (χ4n) is 2.42. The highest BCUT2D eigenvalue weighted by molar-refractivity contribution is 6.27. The molecule has 2 rings (SSSR count). The van der Waals surface area contributed by atoms with Crippen LogP contribution in [0.1, 0.15) is 32.6 Å². The first-order valence-corrected chi connectivity index (χ1v) is 5.60. The molecule has 0 spiro atoms. The second-order valence-electron chi connectivity index (χ2n) is 4.94. The van der Waals surface area contributed by atoms with Crippen LogP contribution < -0.4 is 5.73 Å². The monoisotopic (exact) mass is 259 g/mol. The van der Waals surface area contributed by atoms with Crippen molar-refractivity contribution in [1.82, 2.24) is 0 Å². The third-order valence-electron chi connectivity index (χ3n) is 3.22. The van der Waals surface area contributed by atoms with Gasteiger partial charge >= 0.3 is 11.9 Å². The summed E-state index contributed by atoms with van der Waals surface area (Å²) in [7, 11) is 0. The summed E-state index contributed by atoms with van der Waals surface area (Å²) in [5.74, 6) is -3.34. The van der Waals surface area contributed by atoms with Crippen LogP contribution in [0, 0.1) is 0 Å². The molecule has 0 amide bonds. The van der Waals surface area contributed by atoms with Crippen molar-refractivity contribution in [1.29, 1.82) is 0 Å². The second-order valence-corrected chi connectivity index (χ2v) is 4.94. The van der Waals surface area contributed by atoms with Gasteiger partial charge in [-0.2, -0.15) is 0 Å². The molecule has 0 saturated carbocycles. The Labute approximate surface area is 104 Å². The normalized spacial score (nSPS) is 33.6. The average Bonchev–Trinajstić information content (AvgIpc) is 2.51. The number of hydrogen-bond donors (Lipinski definition) is 3. The third-order valence-corrected chi connectivity index (χ3v) is 3.22. The number of hydrogen-bond acceptors (Lipinski definition) is 5. The van der Waals surface area contributed by atoms with E-state index in [1.54, 1.807) is 0 Å². The van der Waals surface area contributed by atoms with Crippen molar-refractivity contribution in [3.8, 4) is 0 Å². The van der Waals surface area contributed by atoms with Gasteiger partial charge in [0.05, 0.1) is 11.2 Å². The summed E-state index contributed by atoms with van der Waals surface area (Å²) in [4.78, 5) is 29.6. The van der Waals surface area contributed by atoms with Crippen LogP contribution in [-0.4, -0.2) is 45.7 Å². The van der Waals surface area contributed by atoms with Crippen molar-refractivity contribution in [2.75, 3.05) is 6.54 Å². The molecular formula is C11H17NO6. The standard InChI is InChI=1S/C9H15NO2.C2H2O4/c1-8-2-3-9(6-10,12-8)5-7(11)4-8;3-1(4)2(5)6/h2-6,10H2,1H3;(H,3,4)(H,5,6). The van der Waals surface area contributed by atoms with Gasteiger partial charge in [-0.1, -0.05) is 0 Å². The molecule has 0 aromatic heterocycles. The molecule has 2 aliphatic rings. The third kappa shape index (κ3) is 3.27. The number of rotatable bonds is 1. The van der Waals surface area contributed by atoms with E-state index in [4.69, 9.17) is 30.3 Å². The number of ether oxygens (including phenoxy) is 1. The number of nitrogens with two attached hydrogens (primary N) is 1. The van der Waals surface area contributed by atoms with E-state index in [0.717, 1.165) is 12.8 Å². The summed E-state index contributed by atoms with van der Waals surface area (Å²) in [5.41, 5.74) is 5.12. The lowest BCUT2D eigenvalue weighted by Crippen LogP contribution is -2.47. The number of ketones is 1. The Kier molecular flexibility index (Phi) is 4.08. The molecule has 0 aromatic carbocycles. The maximum Gasteiger partial charge on any atom is 0.414 e. The van der Waals surface area contributed by atoms with Gasteiger partial charge in [-0.05, 0) is 19.8 Å². The predicted molar refractivity (Wildman–Crippen MR) is 60.0 cm³/mol. The van der Waals surface area contributed by atoms with E-state index in [-0.39, 0.29) is 11.2 Å². The fraction of sp³-hybridized carbons (Fsp3) is 0.727. The van der Waals surface area contributed by atoms with Crippen LogP contribution in [0.15, 0.2) is 0 Å². The van der Waals surface area contributed by atoms with Crippen molar-refractivity contribution in [3.05, 3.63) is 0 Å². The molecule has 2 aliphatic heterocycles. The van der Waals surface area contributed by atoms with Gasteiger partial charge in [0.15, 0.2) is 0 Å². The summed E-state index contributed by atoms with van der Waals surface area (Å²) in [6.45, 7) is 2.50. The zero-order valence-electron chi connectivity index (χ0n) is 10.1. The van der Waals surface area contributed by atoms with E-state index < -0.39 is 11.9 Å². The second kappa shape index (κ2) is 5.03. The number of Topliss-reactive ketones (excluding diaryl/α,β-unsaturated/α-hetero) is 1. The molecule has 102 valence electrons. The Morgan fingerprint density at radius 2 is 1.83 bits per heavy atom. The Morgan fingerprint density at radius 1 is 1.28 bits per heavy atom. The molecule has 0 radical (unpaired) electrons. The molecule has 0 aromatic rings. The first kappa shape index (κ1) is 14.6. The molecule has 2 saturated heterocycles. The van der Waals surface area contributed by atoms with Crippen LogP contribution in [-0.2, 0) is 19.1 Å². The van der Waals surface area contributed by atoms with E-state index in [9.17, 15) is 4.79 Å². The van der Waals surface area contributed by atoms with E-state index in [0.29, 0.717) is 25.2 Å². The van der Waals surface area contributed by atoms with Crippen LogP contribution in [0.3, 0.4) is 0 Å². The van der Waals surface area contributed by atoms with Gasteiger partial charge < -0.3 is 20.7 Å². The molecule has 4 N–H and O–H groups in total. The largest absolute Gasteiger partial charge is 0.473 e. The smallest absolute Gasteiger partial charge is 0.414 e. The number of carbonyl (C=O) groups excluding carboxylic acids is 1. The van der Waals surface area contributed by atoms with Gasteiger partial charge in [0.1, 0.15) is 5.78 Å². The predicted octanol–water partition coefficient (Wildman–Crippen LogP) is -0.228. The molecule has 7 nitrogen and oxygen atoms in total. The first-order valence-electron chi connectivity index (χ1n) is 5.60. The Balaban J connectivity index is 0.000000232. The van der Waals surface area contributed by atoms with Gasteiger partial charge in [-0.25, -0.2) is 9.59 Å². The summed E-state index contributed by atoms with van der Waals surface area (Å²) in [6.07, 6.45) is 3.04. The average molecular weight is 259 g/mol. The fourth-order valence-corrected chi connectivity index (χ4v) is 2.42. The van der Waals surface area contributed by atoms with Crippen LogP contribution in [0.4, 0.5) is 0 Å². The lowest BCUT2D eigenvalue weighted by atomic mass is 9.93. The summed E-state index contributed by atoms with van der Waals surface area (Å²) < 4.78 is 5.85. The van der Waals surface area contributed by atoms with Gasteiger partial charge in [-0.15, -0.1) is 0 Å². The lowest BCUT2D eigenvalue weighted by molar-refractivity contribution is -0.159. The zero-order valence-corrected chi connectivity index (χ0v) is 10.1. The minimum atomic E-state index is -1.82. The highest BCUT2D eigenvalue weighted by atomic mass is 16.5. The maximum atomic E-state index is 11.4. The van der Waals surface area contributed by atoms with Crippen molar-refractivity contribution in [2.24, 2.45) is 5.73 Å². The SMILES string of the molecule is CC12CCC(CN)(CC(=O)C1)O2.O=C(O)C(=O)O. The van der Waals surface area contributed by atoms with Gasteiger partial charge in [0.2, 0.25) is 0 Å². The van der Waals surface area contributed by atoms with Gasteiger partial charge in [-0.3, -0.25) is 4.79 Å². The van der Waals surface area contributed by atoms with Crippen molar-refractivity contribution in [3.63, 3.8) is 0 Å². The van der Waals surface area contributed by atoms with Crippen molar-refractivity contribution in [2.45, 2.75) is 43.8 Å². The quantitative estimate of drug-likeness (QED) is 0.555. The Morgan fingerprint density at radius 3 is 2.28 bits per heavy atom. The van der Waals surface area contributed by atoms with E-state index in [1.807, 2.05) is 6.92 Å². The summed E-state index contributed by atoms with van der Waals surface area (Å²) >= 11 is 0. The Hall–Kier alpha value is -1.47. The van der Waals surface area contributed by atoms with Gasteiger partial charge in [0.25, 0.3) is 0 Å². The van der Waals surface area contributed by atoms with E-state index >= 15 is 0 Å². The molecule has 2 bridgehead atoms. The first-order chi connectivity index (χ1) is 8.22. The zero-order chi connectivity index (χ0) is 14.0. The van der Waals surface area contributed by atoms with Crippen molar-refractivity contribution >= 4 is 17.7 Å². The molecule has 2 fully saturated rings. The number of carbonyl (C=O) groups is 3. The Bertz CT molecular complexity index is 370. The molecular weight excluding hydrogens is 242 g/mol. The summed E-state index contributed by atoms with van der Waals surface area (Å²) in [5, 5.41) is 14.8. The van der Waals surface area contributed by atoms with E-state index in [2.05, 4.69) is 0 Å². The lowest BCUT2D eigenvalue weighted by Gasteiger charge is -2.36. The molecule has 2 unspecified atom stereocenters. The molecule has 2 heterocycles. The highest BCUT2D eigenvalue weighted by Crippen LogP contribution is 2.45. The van der Waals surface area contributed by atoms with Gasteiger partial charge in [0, 0.05) is 19.4 Å². The maximum absolute atomic E-state index is 11.4. The molecule has 18 heavy (non-hydrogen) atoms. The van der Waals surface area contributed by atoms with Crippen LogP contribution in [0.25, 0.3) is 0 Å². The van der Waals surface area contributed by atoms with Crippen LogP contribution >= 0.6 is 0 Å². The molecule has 7 heteroatoms. The van der Waals surface area contributed by atoms with Crippen LogP contribution in [0.2, 0.25) is 0 Å². The number of carboxylic acids is 2. The van der Waals surface area contributed by atoms with E-state index in [1.165, 1.54) is 0 Å². The minimum absolute atomic E-state index is 0.200.